The van der Waals surface area contributed by atoms with E-state index in [1.54, 1.807) is 34.6 Å². The zero-order valence-corrected chi connectivity index (χ0v) is 24.2. The summed E-state index contributed by atoms with van der Waals surface area (Å²) in [4.78, 5) is 14.7. The summed E-state index contributed by atoms with van der Waals surface area (Å²) in [6.07, 6.45) is 5.41. The summed E-state index contributed by atoms with van der Waals surface area (Å²) >= 11 is 0. The van der Waals surface area contributed by atoms with E-state index in [0.717, 1.165) is 48.1 Å². The van der Waals surface area contributed by atoms with Crippen molar-refractivity contribution in [1.82, 2.24) is 19.4 Å². The number of primary amides is 1. The van der Waals surface area contributed by atoms with E-state index in [2.05, 4.69) is 19.8 Å². The smallest absolute Gasteiger partial charge is 0.251 e. The number of carbonyl (C=O) groups is 1. The summed E-state index contributed by atoms with van der Waals surface area (Å²) in [7, 11) is -6.71. The van der Waals surface area contributed by atoms with Gasteiger partial charge >= 0.3 is 0 Å². The van der Waals surface area contributed by atoms with Gasteiger partial charge in [-0.15, -0.1) is 0 Å². The molecule has 1 amide bonds. The maximum absolute atomic E-state index is 13.0. The predicted octanol–water partition coefficient (Wildman–Crippen LogP) is 2.70. The molecule has 1 aromatic heterocycles. The first-order chi connectivity index (χ1) is 19.0. The van der Waals surface area contributed by atoms with E-state index in [4.69, 9.17) is 5.73 Å². The minimum atomic E-state index is -3.40. The number of nitrogens with zero attached hydrogens (tertiary/aromatic N) is 3. The molecule has 2 aromatic carbocycles. The standard InChI is InChI=1S/C27H36N6O5S2/c1-39(35,36)31-22-7-5-19(6-8-22)21-17-23-25(29-30-26(23)24(18-21)27(28)34)20-9-14-33(15-10-20)40(37,38)16-4-13-32-11-2-3-12-32/h5-8,17-18,20,31H,2-4,9-16H2,1H3,(H2,28,34)(H,29,30). The number of H-pyrrole nitrogens is 1. The Hall–Kier alpha value is -3.00. The van der Waals surface area contributed by atoms with Crippen LogP contribution in [-0.2, 0) is 20.0 Å². The van der Waals surface area contributed by atoms with Crippen LogP contribution in [0.1, 0.15) is 54.1 Å². The van der Waals surface area contributed by atoms with Crippen LogP contribution in [0.15, 0.2) is 36.4 Å². The summed E-state index contributed by atoms with van der Waals surface area (Å²) < 4.78 is 53.1. The Morgan fingerprint density at radius 2 is 1.70 bits per heavy atom. The third-order valence-corrected chi connectivity index (χ3v) is 10.4. The number of anilines is 1. The van der Waals surface area contributed by atoms with Crippen molar-refractivity contribution >= 4 is 42.5 Å². The largest absolute Gasteiger partial charge is 0.366 e. The van der Waals surface area contributed by atoms with Crippen LogP contribution in [-0.4, -0.2) is 86.9 Å². The molecule has 0 bridgehead atoms. The molecule has 0 spiro atoms. The van der Waals surface area contributed by atoms with Gasteiger partial charge in [0.15, 0.2) is 0 Å². The van der Waals surface area contributed by atoms with E-state index in [-0.39, 0.29) is 17.2 Å². The van der Waals surface area contributed by atoms with Crippen LogP contribution >= 0.6 is 0 Å². The second-order valence-electron chi connectivity index (χ2n) is 10.8. The van der Waals surface area contributed by atoms with Gasteiger partial charge in [0.25, 0.3) is 5.91 Å². The summed E-state index contributed by atoms with van der Waals surface area (Å²) in [5, 5.41) is 8.29. The average Bonchev–Trinajstić information content (AvgIpc) is 3.58. The van der Waals surface area contributed by atoms with Gasteiger partial charge in [0.1, 0.15) is 5.52 Å². The van der Waals surface area contributed by atoms with Gasteiger partial charge in [-0.25, -0.2) is 21.1 Å². The van der Waals surface area contributed by atoms with E-state index in [9.17, 15) is 21.6 Å². The average molecular weight is 589 g/mol. The number of rotatable bonds is 10. The number of aromatic nitrogens is 2. The third-order valence-electron chi connectivity index (χ3n) is 7.81. The van der Waals surface area contributed by atoms with E-state index in [1.807, 2.05) is 6.07 Å². The number of benzene rings is 2. The molecule has 4 N–H and O–H groups in total. The molecule has 0 unspecified atom stereocenters. The number of aromatic amines is 1. The lowest BCUT2D eigenvalue weighted by Gasteiger charge is -2.31. The van der Waals surface area contributed by atoms with E-state index < -0.39 is 26.0 Å². The van der Waals surface area contributed by atoms with Crippen molar-refractivity contribution in [2.45, 2.75) is 38.0 Å². The van der Waals surface area contributed by atoms with Crippen LogP contribution in [0.5, 0.6) is 0 Å². The van der Waals surface area contributed by atoms with Crippen LogP contribution in [0.4, 0.5) is 5.69 Å². The molecule has 216 valence electrons. The van der Waals surface area contributed by atoms with Crippen LogP contribution in [0.3, 0.4) is 0 Å². The number of hydrogen-bond acceptors (Lipinski definition) is 7. The first kappa shape index (κ1) is 28.5. The highest BCUT2D eigenvalue weighted by Gasteiger charge is 2.30. The number of hydrogen-bond donors (Lipinski definition) is 3. The van der Waals surface area contributed by atoms with Gasteiger partial charge in [-0.2, -0.15) is 5.10 Å². The molecule has 11 nitrogen and oxygen atoms in total. The molecule has 3 heterocycles. The predicted molar refractivity (Wildman–Crippen MR) is 156 cm³/mol. The monoisotopic (exact) mass is 588 g/mol. The van der Waals surface area contributed by atoms with Crippen molar-refractivity contribution in [1.29, 1.82) is 0 Å². The molecule has 2 aliphatic rings. The third kappa shape index (κ3) is 6.48. The molecule has 13 heteroatoms. The number of piperidine rings is 1. The molecule has 2 fully saturated rings. The molecular formula is C27H36N6O5S2. The number of nitrogens with two attached hydrogens (primary N) is 1. The van der Waals surface area contributed by atoms with Gasteiger partial charge in [-0.3, -0.25) is 14.6 Å². The van der Waals surface area contributed by atoms with Crippen molar-refractivity contribution in [2.24, 2.45) is 5.73 Å². The summed E-state index contributed by atoms with van der Waals surface area (Å²) in [6, 6.07) is 10.5. The zero-order chi connectivity index (χ0) is 28.5. The van der Waals surface area contributed by atoms with Gasteiger partial charge in [0.05, 0.1) is 17.6 Å². The van der Waals surface area contributed by atoms with Gasteiger partial charge in [0.2, 0.25) is 20.0 Å². The highest BCUT2D eigenvalue weighted by atomic mass is 32.2. The summed E-state index contributed by atoms with van der Waals surface area (Å²) in [5.74, 6) is -0.376. The van der Waals surface area contributed by atoms with E-state index in [1.165, 1.54) is 12.8 Å². The number of fused-ring (bicyclic) bond motifs is 1. The molecule has 2 aliphatic heterocycles. The topological polar surface area (TPSA) is 159 Å². The van der Waals surface area contributed by atoms with Crippen LogP contribution in [0, 0.1) is 0 Å². The Labute approximate surface area is 235 Å². The Morgan fingerprint density at radius 1 is 1.02 bits per heavy atom. The van der Waals surface area contributed by atoms with Crippen molar-refractivity contribution in [3.63, 3.8) is 0 Å². The lowest BCUT2D eigenvalue weighted by Crippen LogP contribution is -2.39. The highest BCUT2D eigenvalue weighted by molar-refractivity contribution is 7.92. The minimum absolute atomic E-state index is 0.0540. The number of sulfonamides is 2. The SMILES string of the molecule is CS(=O)(=O)Nc1ccc(-c2cc(C(N)=O)c3n[nH]c(C4CCN(S(=O)(=O)CCCN5CCCC5)CC4)c3c2)cc1. The molecule has 0 radical (unpaired) electrons. The molecule has 0 aliphatic carbocycles. The number of amides is 1. The molecule has 0 saturated carbocycles. The zero-order valence-electron chi connectivity index (χ0n) is 22.6. The molecular weight excluding hydrogens is 552 g/mol. The molecule has 5 rings (SSSR count). The fourth-order valence-corrected chi connectivity index (χ4v) is 7.86. The Kier molecular flexibility index (Phi) is 8.18. The lowest BCUT2D eigenvalue weighted by molar-refractivity contribution is 0.100. The first-order valence-corrected chi connectivity index (χ1v) is 17.1. The van der Waals surface area contributed by atoms with Crippen molar-refractivity contribution in [3.05, 3.63) is 47.7 Å². The molecule has 2 saturated heterocycles. The number of likely N-dealkylation sites (tertiary alicyclic amines) is 1. The Morgan fingerprint density at radius 3 is 2.33 bits per heavy atom. The Balaban J connectivity index is 1.33. The van der Waals surface area contributed by atoms with Gasteiger partial charge < -0.3 is 10.6 Å². The second-order valence-corrected chi connectivity index (χ2v) is 14.6. The first-order valence-electron chi connectivity index (χ1n) is 13.6. The second kappa shape index (κ2) is 11.5. The molecule has 40 heavy (non-hydrogen) atoms. The number of nitrogens with one attached hydrogen (secondary N) is 2. The van der Waals surface area contributed by atoms with Crippen LogP contribution in [0.25, 0.3) is 22.0 Å². The fourth-order valence-electron chi connectivity index (χ4n) is 5.78. The number of carbonyl (C=O) groups excluding carboxylic acids is 1. The summed E-state index contributed by atoms with van der Waals surface area (Å²) in [5.41, 5.74) is 9.30. The van der Waals surface area contributed by atoms with Gasteiger partial charge in [-0.1, -0.05) is 12.1 Å². The lowest BCUT2D eigenvalue weighted by atomic mass is 9.90. The minimum Gasteiger partial charge on any atom is -0.366 e. The fraction of sp³-hybridized carbons (Fsp3) is 0.481. The van der Waals surface area contributed by atoms with Gasteiger partial charge in [-0.05, 0) is 87.1 Å². The maximum atomic E-state index is 13.0. The van der Waals surface area contributed by atoms with Crippen molar-refractivity contribution < 1.29 is 21.6 Å². The van der Waals surface area contributed by atoms with Crippen molar-refractivity contribution in [2.75, 3.05) is 49.5 Å². The van der Waals surface area contributed by atoms with Crippen molar-refractivity contribution in [3.8, 4) is 11.1 Å². The quantitative estimate of drug-likeness (QED) is 0.328. The molecule has 3 aromatic rings. The van der Waals surface area contributed by atoms with Gasteiger partial charge in [0, 0.05) is 35.8 Å². The Bertz CT molecular complexity index is 1590. The highest BCUT2D eigenvalue weighted by Crippen LogP contribution is 2.36. The maximum Gasteiger partial charge on any atom is 0.251 e. The van der Waals surface area contributed by atoms with E-state index >= 15 is 0 Å². The van der Waals surface area contributed by atoms with Crippen LogP contribution in [0.2, 0.25) is 0 Å². The molecule has 0 atom stereocenters. The normalized spacial score (nSPS) is 17.9. The van der Waals surface area contributed by atoms with Crippen LogP contribution < -0.4 is 10.5 Å². The van der Waals surface area contributed by atoms with E-state index in [0.29, 0.717) is 43.6 Å². The summed E-state index contributed by atoms with van der Waals surface area (Å²) in [6.45, 7) is 3.84.